The van der Waals surface area contributed by atoms with Gasteiger partial charge in [-0.05, 0) is 31.1 Å². The second-order valence-electron chi connectivity index (χ2n) is 10.5. The Kier molecular flexibility index (Phi) is 6.88. The van der Waals surface area contributed by atoms with E-state index >= 15 is 0 Å². The van der Waals surface area contributed by atoms with E-state index in [0.29, 0.717) is 50.0 Å². The standard InChI is InChI=1S/C27H34N8O3S/c1-18-4-3-5-19(12-18)22(28)6-7-29-24-14-23(33-8-10-38-11-9-33)26-27(31-24)32-25(30-26)17-35-20-13-21(35)16-34(15-20)39(2,36)37/h3-7,12,14,20-21H,8-11,13,15-17,28H2,1-2H3,(H,30,31,32)/b22-6-,29-7?. The Balaban J connectivity index is 1.26. The first kappa shape index (κ1) is 25.9. The van der Waals surface area contributed by atoms with Crippen molar-refractivity contribution in [2.45, 2.75) is 32.0 Å². The van der Waals surface area contributed by atoms with Gasteiger partial charge < -0.3 is 20.4 Å². The van der Waals surface area contributed by atoms with Crippen LogP contribution in [0.5, 0.6) is 0 Å². The Labute approximate surface area is 228 Å². The fraction of sp³-hybridized carbons (Fsp3) is 0.444. The van der Waals surface area contributed by atoms with Gasteiger partial charge in [0.05, 0.1) is 31.7 Å². The Morgan fingerprint density at radius 3 is 2.69 bits per heavy atom. The topological polar surface area (TPSA) is 133 Å². The Morgan fingerprint density at radius 2 is 1.97 bits per heavy atom. The maximum atomic E-state index is 12.0. The zero-order chi connectivity index (χ0) is 27.1. The van der Waals surface area contributed by atoms with E-state index in [4.69, 9.17) is 20.4 Å². The molecule has 206 valence electrons. The minimum Gasteiger partial charge on any atom is -0.398 e. The van der Waals surface area contributed by atoms with Gasteiger partial charge in [0.1, 0.15) is 11.3 Å². The molecule has 2 unspecified atom stereocenters. The van der Waals surface area contributed by atoms with Gasteiger partial charge in [-0.3, -0.25) is 4.90 Å². The van der Waals surface area contributed by atoms with E-state index < -0.39 is 10.0 Å². The molecule has 2 bridgehead atoms. The Morgan fingerprint density at radius 1 is 1.21 bits per heavy atom. The molecule has 3 aliphatic heterocycles. The molecule has 12 heteroatoms. The van der Waals surface area contributed by atoms with Gasteiger partial charge in [0.25, 0.3) is 0 Å². The fourth-order valence-corrected chi connectivity index (χ4v) is 6.55. The molecule has 0 spiro atoms. The average Bonchev–Trinajstić information content (AvgIpc) is 3.34. The van der Waals surface area contributed by atoms with Gasteiger partial charge in [-0.2, -0.15) is 4.31 Å². The number of piperazine rings is 1. The van der Waals surface area contributed by atoms with Crippen LogP contribution in [0.15, 0.2) is 41.4 Å². The van der Waals surface area contributed by atoms with Crippen LogP contribution in [-0.2, 0) is 21.3 Å². The molecule has 1 aromatic carbocycles. The normalized spacial score (nSPS) is 23.0. The number of piperidine rings is 1. The number of aromatic nitrogens is 3. The Hall–Kier alpha value is -3.32. The molecule has 2 atom stereocenters. The lowest BCUT2D eigenvalue weighted by molar-refractivity contribution is -0.0510. The number of rotatable bonds is 7. The molecule has 2 aromatic heterocycles. The van der Waals surface area contributed by atoms with E-state index in [0.717, 1.165) is 47.7 Å². The number of pyridine rings is 1. The zero-order valence-corrected chi connectivity index (χ0v) is 23.1. The molecule has 39 heavy (non-hydrogen) atoms. The molecule has 0 saturated carbocycles. The number of aryl methyl sites for hydroxylation is 1. The van der Waals surface area contributed by atoms with Crippen molar-refractivity contribution >= 4 is 44.6 Å². The third-order valence-corrected chi connectivity index (χ3v) is 8.99. The Bertz CT molecular complexity index is 1530. The van der Waals surface area contributed by atoms with Gasteiger partial charge in [-0.15, -0.1) is 0 Å². The molecule has 3 aromatic rings. The molecule has 0 radical (unpaired) electrons. The number of hydrogen-bond acceptors (Lipinski definition) is 9. The quantitative estimate of drug-likeness (QED) is 0.427. The molecule has 0 aliphatic carbocycles. The molecule has 0 amide bonds. The fourth-order valence-electron chi connectivity index (χ4n) is 5.67. The third-order valence-electron chi connectivity index (χ3n) is 7.75. The van der Waals surface area contributed by atoms with Crippen LogP contribution in [0.4, 0.5) is 11.5 Å². The molecule has 3 fully saturated rings. The van der Waals surface area contributed by atoms with Crippen LogP contribution in [0, 0.1) is 6.92 Å². The number of likely N-dealkylation sites (tertiary alicyclic amines) is 1. The highest BCUT2D eigenvalue weighted by atomic mass is 32.2. The lowest BCUT2D eigenvalue weighted by atomic mass is 9.89. The largest absolute Gasteiger partial charge is 0.398 e. The van der Waals surface area contributed by atoms with E-state index in [1.165, 1.54) is 6.26 Å². The molecule has 3 saturated heterocycles. The van der Waals surface area contributed by atoms with Gasteiger partial charge in [0.2, 0.25) is 10.0 Å². The summed E-state index contributed by atoms with van der Waals surface area (Å²) in [4.78, 5) is 22.3. The number of hydrogen-bond donors (Lipinski definition) is 2. The molecule has 11 nitrogen and oxygen atoms in total. The number of morpholine rings is 1. The summed E-state index contributed by atoms with van der Waals surface area (Å²) < 4.78 is 31.2. The van der Waals surface area contributed by atoms with Gasteiger partial charge in [0.15, 0.2) is 11.5 Å². The number of allylic oxidation sites excluding steroid dienone is 1. The summed E-state index contributed by atoms with van der Waals surface area (Å²) in [6.07, 6.45) is 5.76. The van der Waals surface area contributed by atoms with Gasteiger partial charge >= 0.3 is 0 Å². The number of nitrogens with one attached hydrogen (secondary N) is 1. The van der Waals surface area contributed by atoms with Crippen LogP contribution in [0.3, 0.4) is 0 Å². The van der Waals surface area contributed by atoms with Crippen LogP contribution in [0.2, 0.25) is 0 Å². The number of sulfonamides is 1. The molecule has 3 aliphatic rings. The van der Waals surface area contributed by atoms with Crippen molar-refractivity contribution in [3.05, 3.63) is 53.4 Å². The summed E-state index contributed by atoms with van der Waals surface area (Å²) in [5.41, 5.74) is 11.5. The number of benzene rings is 1. The van der Waals surface area contributed by atoms with E-state index in [2.05, 4.69) is 19.8 Å². The smallest absolute Gasteiger partial charge is 0.211 e. The average molecular weight is 551 g/mol. The summed E-state index contributed by atoms with van der Waals surface area (Å²) in [7, 11) is -3.17. The number of nitrogens with two attached hydrogens (primary N) is 1. The highest BCUT2D eigenvalue weighted by Crippen LogP contribution is 2.35. The monoisotopic (exact) mass is 550 g/mol. The van der Waals surface area contributed by atoms with Crippen molar-refractivity contribution in [3.63, 3.8) is 0 Å². The zero-order valence-electron chi connectivity index (χ0n) is 22.2. The van der Waals surface area contributed by atoms with Crippen LogP contribution in [0.1, 0.15) is 23.4 Å². The summed E-state index contributed by atoms with van der Waals surface area (Å²) in [5.74, 6) is 1.37. The second kappa shape index (κ2) is 10.3. The molecular weight excluding hydrogens is 516 g/mol. The maximum absolute atomic E-state index is 12.0. The lowest BCUT2D eigenvalue weighted by Crippen LogP contribution is -2.68. The predicted molar refractivity (Wildman–Crippen MR) is 153 cm³/mol. The molecule has 6 rings (SSSR count). The van der Waals surface area contributed by atoms with Crippen LogP contribution in [0.25, 0.3) is 16.9 Å². The first-order chi connectivity index (χ1) is 18.7. The lowest BCUT2D eigenvalue weighted by Gasteiger charge is -2.55. The van der Waals surface area contributed by atoms with Gasteiger partial charge in [0, 0.05) is 56.2 Å². The predicted octanol–water partition coefficient (Wildman–Crippen LogP) is 2.02. The number of H-pyrrole nitrogens is 1. The van der Waals surface area contributed by atoms with Crippen molar-refractivity contribution in [2.75, 3.05) is 50.5 Å². The highest BCUT2D eigenvalue weighted by molar-refractivity contribution is 7.88. The number of anilines is 1. The van der Waals surface area contributed by atoms with E-state index in [1.807, 2.05) is 37.3 Å². The van der Waals surface area contributed by atoms with E-state index in [1.54, 1.807) is 16.6 Å². The number of imidazole rings is 1. The van der Waals surface area contributed by atoms with Crippen molar-refractivity contribution in [2.24, 2.45) is 10.7 Å². The van der Waals surface area contributed by atoms with E-state index in [9.17, 15) is 8.42 Å². The number of aliphatic imine (C=N–C) groups is 1. The van der Waals surface area contributed by atoms with Crippen molar-refractivity contribution in [1.82, 2.24) is 24.2 Å². The minimum absolute atomic E-state index is 0.212. The number of aromatic amines is 1. The van der Waals surface area contributed by atoms with Crippen LogP contribution < -0.4 is 10.6 Å². The van der Waals surface area contributed by atoms with E-state index in [-0.39, 0.29) is 12.1 Å². The molecule has 3 N–H and O–H groups in total. The first-order valence-electron chi connectivity index (χ1n) is 13.2. The van der Waals surface area contributed by atoms with Crippen LogP contribution in [-0.4, -0.2) is 96.5 Å². The van der Waals surface area contributed by atoms with Gasteiger partial charge in [-0.25, -0.2) is 23.4 Å². The number of nitrogens with zero attached hydrogens (tertiary/aromatic N) is 6. The highest BCUT2D eigenvalue weighted by Gasteiger charge is 2.47. The number of fused-ring (bicyclic) bond motifs is 3. The van der Waals surface area contributed by atoms with Crippen molar-refractivity contribution in [3.8, 4) is 0 Å². The van der Waals surface area contributed by atoms with Crippen molar-refractivity contribution in [1.29, 1.82) is 0 Å². The van der Waals surface area contributed by atoms with Gasteiger partial charge in [-0.1, -0.05) is 23.8 Å². The van der Waals surface area contributed by atoms with Crippen molar-refractivity contribution < 1.29 is 13.2 Å². The SMILES string of the molecule is Cc1cccc(/C(N)=C/C=Nc2cc(N3CCOCC3)c3[nH]c(CN4C5CC4CN(S(C)(=O)=O)C5)nc3n2)c1. The molecule has 5 heterocycles. The summed E-state index contributed by atoms with van der Waals surface area (Å²) >= 11 is 0. The maximum Gasteiger partial charge on any atom is 0.211 e. The minimum atomic E-state index is -3.17. The molecular formula is C27H34N8O3S. The first-order valence-corrected chi connectivity index (χ1v) is 15.1. The summed E-state index contributed by atoms with van der Waals surface area (Å²) in [6, 6.07) is 10.4. The number of ether oxygens (including phenoxy) is 1. The third kappa shape index (κ3) is 5.42. The van der Waals surface area contributed by atoms with Crippen LogP contribution >= 0.6 is 0 Å². The summed E-state index contributed by atoms with van der Waals surface area (Å²) in [6.45, 7) is 6.59. The second-order valence-corrected chi connectivity index (χ2v) is 12.5. The summed E-state index contributed by atoms with van der Waals surface area (Å²) in [5, 5.41) is 0.